The maximum absolute atomic E-state index is 12.1. The number of methoxy groups -OCH3 is 2. The summed E-state index contributed by atoms with van der Waals surface area (Å²) in [5, 5.41) is 2.85. The molecule has 5 heteroatoms. The van der Waals surface area contributed by atoms with Crippen LogP contribution in [0.2, 0.25) is 0 Å². The van der Waals surface area contributed by atoms with Gasteiger partial charge in [-0.05, 0) is 24.3 Å². The molecule has 0 saturated carbocycles. The highest BCUT2D eigenvalue weighted by Gasteiger charge is 2.10. The molecule has 116 valence electrons. The SMILES string of the molecule is COc1ccc(NC(=O)CN(C)c2ccccc2)cc1OC. The molecule has 0 saturated heterocycles. The van der Waals surface area contributed by atoms with Gasteiger partial charge in [-0.25, -0.2) is 0 Å². The quantitative estimate of drug-likeness (QED) is 0.891. The Morgan fingerprint density at radius 2 is 1.73 bits per heavy atom. The number of anilines is 2. The number of ether oxygens (including phenoxy) is 2. The van der Waals surface area contributed by atoms with E-state index in [1.807, 2.05) is 42.3 Å². The normalized spacial score (nSPS) is 9.95. The molecule has 2 rings (SSSR count). The zero-order chi connectivity index (χ0) is 15.9. The molecule has 5 nitrogen and oxygen atoms in total. The number of carbonyl (C=O) groups is 1. The zero-order valence-corrected chi connectivity index (χ0v) is 13.0. The molecule has 1 N–H and O–H groups in total. The molecular formula is C17H20N2O3. The summed E-state index contributed by atoms with van der Waals surface area (Å²) >= 11 is 0. The van der Waals surface area contributed by atoms with Gasteiger partial charge in [0.1, 0.15) is 0 Å². The Kier molecular flexibility index (Phi) is 5.25. The molecule has 0 bridgehead atoms. The minimum Gasteiger partial charge on any atom is -0.493 e. The Hall–Kier alpha value is -2.69. The predicted octanol–water partition coefficient (Wildman–Crippen LogP) is 2.78. The molecule has 22 heavy (non-hydrogen) atoms. The van der Waals surface area contributed by atoms with Crippen molar-refractivity contribution in [2.24, 2.45) is 0 Å². The molecule has 2 aromatic rings. The van der Waals surface area contributed by atoms with E-state index >= 15 is 0 Å². The van der Waals surface area contributed by atoms with Gasteiger partial charge in [0.2, 0.25) is 5.91 Å². The van der Waals surface area contributed by atoms with E-state index in [4.69, 9.17) is 9.47 Å². The third-order valence-corrected chi connectivity index (χ3v) is 3.25. The van der Waals surface area contributed by atoms with Crippen LogP contribution in [0.25, 0.3) is 0 Å². The fourth-order valence-corrected chi connectivity index (χ4v) is 2.10. The van der Waals surface area contributed by atoms with Crippen molar-refractivity contribution in [2.75, 3.05) is 38.0 Å². The van der Waals surface area contributed by atoms with Crippen LogP contribution in [-0.2, 0) is 4.79 Å². The summed E-state index contributed by atoms with van der Waals surface area (Å²) in [6.07, 6.45) is 0. The third kappa shape index (κ3) is 3.91. The van der Waals surface area contributed by atoms with E-state index < -0.39 is 0 Å². The number of amides is 1. The molecule has 0 spiro atoms. The summed E-state index contributed by atoms with van der Waals surface area (Å²) in [5.41, 5.74) is 1.66. The van der Waals surface area contributed by atoms with E-state index in [2.05, 4.69) is 5.32 Å². The number of nitrogens with one attached hydrogen (secondary N) is 1. The largest absolute Gasteiger partial charge is 0.493 e. The molecule has 0 aliphatic rings. The highest BCUT2D eigenvalue weighted by atomic mass is 16.5. The van der Waals surface area contributed by atoms with Gasteiger partial charge in [0.15, 0.2) is 11.5 Å². The Morgan fingerprint density at radius 1 is 1.05 bits per heavy atom. The number of nitrogens with zero attached hydrogens (tertiary/aromatic N) is 1. The van der Waals surface area contributed by atoms with Gasteiger partial charge in [0.25, 0.3) is 0 Å². The standard InChI is InChI=1S/C17H20N2O3/c1-19(14-7-5-4-6-8-14)12-17(20)18-13-9-10-15(21-2)16(11-13)22-3/h4-11H,12H2,1-3H3,(H,18,20). The number of para-hydroxylation sites is 1. The van der Waals surface area contributed by atoms with Crippen LogP contribution >= 0.6 is 0 Å². The third-order valence-electron chi connectivity index (χ3n) is 3.25. The molecule has 0 atom stereocenters. The fraction of sp³-hybridized carbons (Fsp3) is 0.235. The Morgan fingerprint density at radius 3 is 2.36 bits per heavy atom. The minimum absolute atomic E-state index is 0.0985. The molecule has 0 unspecified atom stereocenters. The fourth-order valence-electron chi connectivity index (χ4n) is 2.10. The van der Waals surface area contributed by atoms with E-state index in [1.54, 1.807) is 32.4 Å². The Bertz CT molecular complexity index is 629. The second-order valence-corrected chi connectivity index (χ2v) is 4.81. The monoisotopic (exact) mass is 300 g/mol. The molecule has 0 aliphatic carbocycles. The smallest absolute Gasteiger partial charge is 0.243 e. The van der Waals surface area contributed by atoms with Crippen molar-refractivity contribution in [3.05, 3.63) is 48.5 Å². The van der Waals surface area contributed by atoms with E-state index in [1.165, 1.54) is 0 Å². The van der Waals surface area contributed by atoms with Crippen LogP contribution in [0.5, 0.6) is 11.5 Å². The van der Waals surface area contributed by atoms with Crippen LogP contribution in [-0.4, -0.2) is 33.7 Å². The van der Waals surface area contributed by atoms with E-state index in [9.17, 15) is 4.79 Å². The number of carbonyl (C=O) groups excluding carboxylic acids is 1. The van der Waals surface area contributed by atoms with Gasteiger partial charge < -0.3 is 19.7 Å². The lowest BCUT2D eigenvalue weighted by Crippen LogP contribution is -2.29. The van der Waals surface area contributed by atoms with E-state index in [0.717, 1.165) is 5.69 Å². The second-order valence-electron chi connectivity index (χ2n) is 4.81. The van der Waals surface area contributed by atoms with Crippen molar-refractivity contribution >= 4 is 17.3 Å². The summed E-state index contributed by atoms with van der Waals surface area (Å²) in [4.78, 5) is 14.0. The van der Waals surface area contributed by atoms with Crippen LogP contribution in [0.1, 0.15) is 0 Å². The first-order valence-corrected chi connectivity index (χ1v) is 6.92. The lowest BCUT2D eigenvalue weighted by atomic mass is 10.2. The summed E-state index contributed by atoms with van der Waals surface area (Å²) in [6, 6.07) is 15.0. The van der Waals surface area contributed by atoms with Crippen LogP contribution in [0.3, 0.4) is 0 Å². The first kappa shape index (κ1) is 15.7. The van der Waals surface area contributed by atoms with E-state index in [0.29, 0.717) is 17.2 Å². The number of hydrogen-bond donors (Lipinski definition) is 1. The predicted molar refractivity (Wildman–Crippen MR) is 87.9 cm³/mol. The van der Waals surface area contributed by atoms with Crippen molar-refractivity contribution in [3.63, 3.8) is 0 Å². The van der Waals surface area contributed by atoms with Crippen molar-refractivity contribution in [2.45, 2.75) is 0 Å². The topological polar surface area (TPSA) is 50.8 Å². The zero-order valence-electron chi connectivity index (χ0n) is 13.0. The molecule has 0 heterocycles. The van der Waals surface area contributed by atoms with Gasteiger partial charge in [-0.15, -0.1) is 0 Å². The minimum atomic E-state index is -0.0985. The van der Waals surface area contributed by atoms with E-state index in [-0.39, 0.29) is 12.5 Å². The molecule has 0 aromatic heterocycles. The van der Waals surface area contributed by atoms with Crippen molar-refractivity contribution in [1.82, 2.24) is 0 Å². The average molecular weight is 300 g/mol. The van der Waals surface area contributed by atoms with Crippen molar-refractivity contribution in [1.29, 1.82) is 0 Å². The van der Waals surface area contributed by atoms with Gasteiger partial charge in [0.05, 0.1) is 20.8 Å². The summed E-state index contributed by atoms with van der Waals surface area (Å²) in [6.45, 7) is 0.262. The molecule has 2 aromatic carbocycles. The van der Waals surface area contributed by atoms with Gasteiger partial charge in [0, 0.05) is 24.5 Å². The van der Waals surface area contributed by atoms with Gasteiger partial charge in [-0.1, -0.05) is 18.2 Å². The highest BCUT2D eigenvalue weighted by Crippen LogP contribution is 2.29. The lowest BCUT2D eigenvalue weighted by Gasteiger charge is -2.19. The first-order valence-electron chi connectivity index (χ1n) is 6.92. The molecule has 1 amide bonds. The van der Waals surface area contributed by atoms with Crippen LogP contribution < -0.4 is 19.7 Å². The maximum atomic E-state index is 12.1. The van der Waals surface area contributed by atoms with Crippen molar-refractivity contribution < 1.29 is 14.3 Å². The van der Waals surface area contributed by atoms with Crippen LogP contribution in [0.4, 0.5) is 11.4 Å². The van der Waals surface area contributed by atoms with Crippen molar-refractivity contribution in [3.8, 4) is 11.5 Å². The number of rotatable bonds is 6. The summed E-state index contributed by atoms with van der Waals surface area (Å²) in [7, 11) is 5.01. The average Bonchev–Trinajstić information content (AvgIpc) is 2.55. The highest BCUT2D eigenvalue weighted by molar-refractivity contribution is 5.94. The molecule has 0 fully saturated rings. The van der Waals surface area contributed by atoms with Crippen LogP contribution in [0, 0.1) is 0 Å². The van der Waals surface area contributed by atoms with Gasteiger partial charge in [-0.3, -0.25) is 4.79 Å². The number of hydrogen-bond acceptors (Lipinski definition) is 4. The maximum Gasteiger partial charge on any atom is 0.243 e. The number of likely N-dealkylation sites (N-methyl/N-ethyl adjacent to an activating group) is 1. The first-order chi connectivity index (χ1) is 10.6. The Balaban J connectivity index is 2.00. The molecular weight excluding hydrogens is 280 g/mol. The number of benzene rings is 2. The van der Waals surface area contributed by atoms with Gasteiger partial charge in [-0.2, -0.15) is 0 Å². The summed E-state index contributed by atoms with van der Waals surface area (Å²) in [5.74, 6) is 1.11. The molecule has 0 aliphatic heterocycles. The van der Waals surface area contributed by atoms with Gasteiger partial charge >= 0.3 is 0 Å². The molecule has 0 radical (unpaired) electrons. The summed E-state index contributed by atoms with van der Waals surface area (Å²) < 4.78 is 10.4. The van der Waals surface area contributed by atoms with Crippen LogP contribution in [0.15, 0.2) is 48.5 Å². The Labute approximate surface area is 130 Å². The second kappa shape index (κ2) is 7.36. The lowest BCUT2D eigenvalue weighted by molar-refractivity contribution is -0.114.